The molecule has 2 aromatic rings. The quantitative estimate of drug-likeness (QED) is 0.788. The van der Waals surface area contributed by atoms with Crippen LogP contribution in [0, 0.1) is 0 Å². The minimum atomic E-state index is -0.0576. The lowest BCUT2D eigenvalue weighted by Crippen LogP contribution is -2.35. The molecule has 2 N–H and O–H groups in total. The maximum Gasteiger partial charge on any atom is 0.199 e. The van der Waals surface area contributed by atoms with Gasteiger partial charge in [-0.25, -0.2) is 4.98 Å². The Kier molecular flexibility index (Phi) is 2.66. The summed E-state index contributed by atoms with van der Waals surface area (Å²) in [6.45, 7) is 3.55. The first-order valence-electron chi connectivity index (χ1n) is 6.04. The lowest BCUT2D eigenvalue weighted by Gasteiger charge is -2.28. The zero-order valence-corrected chi connectivity index (χ0v) is 10.6. The van der Waals surface area contributed by atoms with Crippen molar-refractivity contribution in [2.45, 2.75) is 20.0 Å². The number of nitrogens with two attached hydrogens (primary N) is 1. The predicted molar refractivity (Wildman–Crippen MR) is 69.7 cm³/mol. The zero-order valence-electron chi connectivity index (χ0n) is 10.6. The SMILES string of the molecule is CC(=O)c1nnc2n1CCN(c1ccc(N)cn1)C2. The van der Waals surface area contributed by atoms with E-state index < -0.39 is 0 Å². The van der Waals surface area contributed by atoms with E-state index in [2.05, 4.69) is 20.1 Å². The third-order valence-corrected chi connectivity index (χ3v) is 3.16. The lowest BCUT2D eigenvalue weighted by atomic mass is 10.3. The van der Waals surface area contributed by atoms with Gasteiger partial charge in [0.25, 0.3) is 0 Å². The summed E-state index contributed by atoms with van der Waals surface area (Å²) in [6, 6.07) is 3.70. The molecule has 0 unspecified atom stereocenters. The van der Waals surface area contributed by atoms with E-state index in [9.17, 15) is 4.79 Å². The van der Waals surface area contributed by atoms with Crippen molar-refractivity contribution in [2.75, 3.05) is 17.2 Å². The van der Waals surface area contributed by atoms with E-state index in [4.69, 9.17) is 5.73 Å². The average Bonchev–Trinajstić information content (AvgIpc) is 2.82. The Morgan fingerprint density at radius 2 is 2.16 bits per heavy atom. The number of Topliss-reactive ketones (excluding diaryl/α,β-unsaturated/α-hetero) is 1. The van der Waals surface area contributed by atoms with Crippen molar-refractivity contribution in [3.05, 3.63) is 30.0 Å². The van der Waals surface area contributed by atoms with Crippen LogP contribution in [0.1, 0.15) is 23.4 Å². The second-order valence-electron chi connectivity index (χ2n) is 4.52. The number of rotatable bonds is 2. The molecule has 7 heteroatoms. The number of fused-ring (bicyclic) bond motifs is 1. The molecular formula is C12H14N6O. The molecule has 0 spiro atoms. The third-order valence-electron chi connectivity index (χ3n) is 3.16. The van der Waals surface area contributed by atoms with Crippen molar-refractivity contribution >= 4 is 17.3 Å². The minimum absolute atomic E-state index is 0.0576. The summed E-state index contributed by atoms with van der Waals surface area (Å²) in [5.74, 6) is 2.01. The first-order valence-corrected chi connectivity index (χ1v) is 6.04. The van der Waals surface area contributed by atoms with Crippen LogP contribution in [0.5, 0.6) is 0 Å². The molecule has 1 aliphatic rings. The van der Waals surface area contributed by atoms with Crippen LogP contribution in [-0.4, -0.2) is 32.1 Å². The number of aromatic nitrogens is 4. The Hall–Kier alpha value is -2.44. The van der Waals surface area contributed by atoms with Gasteiger partial charge in [-0.3, -0.25) is 4.79 Å². The number of hydrogen-bond donors (Lipinski definition) is 1. The van der Waals surface area contributed by atoms with Gasteiger partial charge in [-0.05, 0) is 12.1 Å². The van der Waals surface area contributed by atoms with Gasteiger partial charge in [0, 0.05) is 20.0 Å². The van der Waals surface area contributed by atoms with Gasteiger partial charge in [0.1, 0.15) is 5.82 Å². The fraction of sp³-hybridized carbons (Fsp3) is 0.333. The second kappa shape index (κ2) is 4.34. The number of anilines is 2. The Morgan fingerprint density at radius 1 is 1.32 bits per heavy atom. The van der Waals surface area contributed by atoms with Crippen molar-refractivity contribution in [2.24, 2.45) is 0 Å². The monoisotopic (exact) mass is 258 g/mol. The summed E-state index contributed by atoms with van der Waals surface area (Å²) < 4.78 is 1.87. The molecule has 0 aromatic carbocycles. The van der Waals surface area contributed by atoms with Gasteiger partial charge in [-0.2, -0.15) is 0 Å². The number of ketones is 1. The molecule has 0 saturated carbocycles. The molecule has 3 heterocycles. The average molecular weight is 258 g/mol. The summed E-state index contributed by atoms with van der Waals surface area (Å²) in [5, 5.41) is 8.01. The van der Waals surface area contributed by atoms with E-state index in [1.165, 1.54) is 6.92 Å². The zero-order chi connectivity index (χ0) is 13.4. The highest BCUT2D eigenvalue weighted by Crippen LogP contribution is 2.19. The van der Waals surface area contributed by atoms with Gasteiger partial charge < -0.3 is 15.2 Å². The summed E-state index contributed by atoms with van der Waals surface area (Å²) in [5.41, 5.74) is 6.27. The highest BCUT2D eigenvalue weighted by Gasteiger charge is 2.23. The summed E-state index contributed by atoms with van der Waals surface area (Å²) in [4.78, 5) is 17.8. The van der Waals surface area contributed by atoms with E-state index in [1.807, 2.05) is 16.7 Å². The van der Waals surface area contributed by atoms with Crippen LogP contribution in [0.4, 0.5) is 11.5 Å². The molecule has 0 saturated heterocycles. The van der Waals surface area contributed by atoms with Crippen LogP contribution in [0.3, 0.4) is 0 Å². The summed E-state index contributed by atoms with van der Waals surface area (Å²) >= 11 is 0. The van der Waals surface area contributed by atoms with Crippen molar-refractivity contribution in [1.82, 2.24) is 19.7 Å². The van der Waals surface area contributed by atoms with Crippen LogP contribution >= 0.6 is 0 Å². The molecule has 0 aliphatic carbocycles. The molecule has 0 radical (unpaired) electrons. The molecule has 0 fully saturated rings. The summed E-state index contributed by atoms with van der Waals surface area (Å²) in [7, 11) is 0. The van der Waals surface area contributed by atoms with Crippen LogP contribution in [0.15, 0.2) is 18.3 Å². The Labute approximate surface area is 110 Å². The van der Waals surface area contributed by atoms with Crippen LogP contribution in [-0.2, 0) is 13.1 Å². The van der Waals surface area contributed by atoms with E-state index in [0.717, 1.165) is 18.2 Å². The topological polar surface area (TPSA) is 89.9 Å². The van der Waals surface area contributed by atoms with E-state index in [0.29, 0.717) is 24.6 Å². The minimum Gasteiger partial charge on any atom is -0.397 e. The Morgan fingerprint density at radius 3 is 2.84 bits per heavy atom. The normalized spacial score (nSPS) is 14.3. The van der Waals surface area contributed by atoms with Crippen molar-refractivity contribution in [1.29, 1.82) is 0 Å². The molecular weight excluding hydrogens is 244 g/mol. The molecule has 0 amide bonds. The highest BCUT2D eigenvalue weighted by atomic mass is 16.1. The van der Waals surface area contributed by atoms with Gasteiger partial charge >= 0.3 is 0 Å². The maximum atomic E-state index is 11.4. The van der Waals surface area contributed by atoms with Gasteiger partial charge in [0.15, 0.2) is 17.4 Å². The molecule has 98 valence electrons. The predicted octanol–water partition coefficient (Wildman–Crippen LogP) is 0.478. The maximum absolute atomic E-state index is 11.4. The largest absolute Gasteiger partial charge is 0.397 e. The van der Waals surface area contributed by atoms with Crippen LogP contribution in [0.25, 0.3) is 0 Å². The standard InChI is InChI=1S/C12H14N6O/c1-8(19)12-16-15-11-7-17(4-5-18(11)12)10-3-2-9(13)6-14-10/h2-3,6H,4-5,7,13H2,1H3. The number of carbonyl (C=O) groups excluding carboxylic acids is 1. The molecule has 2 aromatic heterocycles. The summed E-state index contributed by atoms with van der Waals surface area (Å²) in [6.07, 6.45) is 1.63. The molecule has 19 heavy (non-hydrogen) atoms. The number of carbonyl (C=O) groups is 1. The molecule has 0 atom stereocenters. The first kappa shape index (κ1) is 11.6. The van der Waals surface area contributed by atoms with Gasteiger partial charge in [-0.15, -0.1) is 10.2 Å². The van der Waals surface area contributed by atoms with E-state index >= 15 is 0 Å². The molecule has 0 bridgehead atoms. The van der Waals surface area contributed by atoms with Crippen molar-refractivity contribution in [3.63, 3.8) is 0 Å². The van der Waals surface area contributed by atoms with E-state index in [1.54, 1.807) is 6.20 Å². The van der Waals surface area contributed by atoms with Crippen molar-refractivity contribution in [3.8, 4) is 0 Å². The number of hydrogen-bond acceptors (Lipinski definition) is 6. The molecule has 1 aliphatic heterocycles. The Bertz CT molecular complexity index is 618. The lowest BCUT2D eigenvalue weighted by molar-refractivity contribution is 0.0998. The van der Waals surface area contributed by atoms with Crippen molar-refractivity contribution < 1.29 is 4.79 Å². The van der Waals surface area contributed by atoms with Crippen LogP contribution < -0.4 is 10.6 Å². The van der Waals surface area contributed by atoms with Gasteiger partial charge in [0.05, 0.1) is 18.4 Å². The van der Waals surface area contributed by atoms with E-state index in [-0.39, 0.29) is 5.78 Å². The van der Waals surface area contributed by atoms with Gasteiger partial charge in [0.2, 0.25) is 0 Å². The van der Waals surface area contributed by atoms with Gasteiger partial charge in [-0.1, -0.05) is 0 Å². The fourth-order valence-electron chi connectivity index (χ4n) is 2.20. The first-order chi connectivity index (χ1) is 9.15. The third kappa shape index (κ3) is 2.03. The highest BCUT2D eigenvalue weighted by molar-refractivity contribution is 5.90. The number of nitrogen functional groups attached to an aromatic ring is 1. The number of nitrogens with zero attached hydrogens (tertiary/aromatic N) is 5. The Balaban J connectivity index is 1.86. The molecule has 3 rings (SSSR count). The molecule has 7 nitrogen and oxygen atoms in total. The fourth-order valence-corrected chi connectivity index (χ4v) is 2.20. The smallest absolute Gasteiger partial charge is 0.199 e. The van der Waals surface area contributed by atoms with Crippen LogP contribution in [0.2, 0.25) is 0 Å². The second-order valence-corrected chi connectivity index (χ2v) is 4.52. The number of pyridine rings is 1.